The second-order valence-electron chi connectivity index (χ2n) is 4.94. The average molecular weight is 267 g/mol. The zero-order chi connectivity index (χ0) is 13.9. The Bertz CT molecular complexity index is 336. The molecule has 0 amide bonds. The van der Waals surface area contributed by atoms with Crippen LogP contribution in [0.5, 0.6) is 0 Å². The summed E-state index contributed by atoms with van der Waals surface area (Å²) in [4.78, 5) is 4.54. The van der Waals surface area contributed by atoms with Gasteiger partial charge in [-0.25, -0.2) is 4.98 Å². The van der Waals surface area contributed by atoms with E-state index < -0.39 is 0 Å². The van der Waals surface area contributed by atoms with Crippen LogP contribution >= 0.6 is 0 Å². The van der Waals surface area contributed by atoms with E-state index in [2.05, 4.69) is 28.0 Å². The number of aryl methyl sites for hydroxylation is 2. The maximum absolute atomic E-state index is 5.33. The molecule has 0 atom stereocenters. The number of anilines is 1. The number of nitrogens with one attached hydrogen (secondary N) is 1. The molecule has 110 valence electrons. The van der Waals surface area contributed by atoms with Crippen LogP contribution in [0.25, 0.3) is 0 Å². The summed E-state index contributed by atoms with van der Waals surface area (Å²) in [5.74, 6) is 1.01. The SMILES string of the molecule is CCCCCCn1cc(C)nc1NCCCOCC. The maximum atomic E-state index is 5.33. The van der Waals surface area contributed by atoms with Gasteiger partial charge in [0.05, 0.1) is 5.69 Å². The molecule has 0 aliphatic heterocycles. The lowest BCUT2D eigenvalue weighted by Crippen LogP contribution is -2.10. The number of rotatable bonds is 11. The number of hydrogen-bond acceptors (Lipinski definition) is 3. The van der Waals surface area contributed by atoms with Gasteiger partial charge in [0.2, 0.25) is 5.95 Å². The number of unbranched alkanes of at least 4 members (excludes halogenated alkanes) is 3. The van der Waals surface area contributed by atoms with Crippen LogP contribution in [0.3, 0.4) is 0 Å². The molecule has 0 saturated carbocycles. The van der Waals surface area contributed by atoms with Gasteiger partial charge in [0.15, 0.2) is 0 Å². The van der Waals surface area contributed by atoms with Gasteiger partial charge in [0.25, 0.3) is 0 Å². The highest BCUT2D eigenvalue weighted by Gasteiger charge is 2.04. The third kappa shape index (κ3) is 6.62. The predicted octanol–water partition coefficient (Wildman–Crippen LogP) is 3.61. The van der Waals surface area contributed by atoms with Gasteiger partial charge in [-0.3, -0.25) is 0 Å². The summed E-state index contributed by atoms with van der Waals surface area (Å²) in [5, 5.41) is 3.41. The molecular formula is C15H29N3O. The molecule has 0 spiro atoms. The number of hydrogen-bond donors (Lipinski definition) is 1. The van der Waals surface area contributed by atoms with Crippen LogP contribution in [0.1, 0.15) is 51.6 Å². The Morgan fingerprint density at radius 1 is 1.21 bits per heavy atom. The molecule has 4 heteroatoms. The summed E-state index contributed by atoms with van der Waals surface area (Å²) in [6, 6.07) is 0. The van der Waals surface area contributed by atoms with Crippen LogP contribution in [0.4, 0.5) is 5.95 Å². The van der Waals surface area contributed by atoms with Crippen molar-refractivity contribution in [3.05, 3.63) is 11.9 Å². The standard InChI is InChI=1S/C15H29N3O/c1-4-6-7-8-11-18-13-14(3)17-15(18)16-10-9-12-19-5-2/h13H,4-12H2,1-3H3,(H,16,17). The summed E-state index contributed by atoms with van der Waals surface area (Å²) in [6.45, 7) is 9.92. The van der Waals surface area contributed by atoms with Gasteiger partial charge in [-0.1, -0.05) is 26.2 Å². The quantitative estimate of drug-likeness (QED) is 0.622. The minimum atomic E-state index is 0.797. The van der Waals surface area contributed by atoms with Gasteiger partial charge in [0, 0.05) is 32.5 Å². The molecule has 0 bridgehead atoms. The molecule has 0 aliphatic rings. The minimum Gasteiger partial charge on any atom is -0.382 e. The van der Waals surface area contributed by atoms with Crippen LogP contribution < -0.4 is 5.32 Å². The lowest BCUT2D eigenvalue weighted by molar-refractivity contribution is 0.147. The summed E-state index contributed by atoms with van der Waals surface area (Å²) in [5.41, 5.74) is 1.09. The largest absolute Gasteiger partial charge is 0.382 e. The smallest absolute Gasteiger partial charge is 0.203 e. The zero-order valence-corrected chi connectivity index (χ0v) is 12.7. The van der Waals surface area contributed by atoms with E-state index in [9.17, 15) is 0 Å². The molecule has 0 aliphatic carbocycles. The van der Waals surface area contributed by atoms with Crippen molar-refractivity contribution in [2.45, 2.75) is 59.4 Å². The van der Waals surface area contributed by atoms with Crippen molar-refractivity contribution in [2.75, 3.05) is 25.1 Å². The molecule has 0 saturated heterocycles. The third-order valence-electron chi connectivity index (χ3n) is 3.10. The third-order valence-corrected chi connectivity index (χ3v) is 3.10. The number of aromatic nitrogens is 2. The lowest BCUT2D eigenvalue weighted by atomic mass is 10.2. The molecule has 4 nitrogen and oxygen atoms in total. The first-order valence-corrected chi connectivity index (χ1v) is 7.63. The van der Waals surface area contributed by atoms with E-state index in [0.717, 1.165) is 44.4 Å². The molecule has 1 rings (SSSR count). The van der Waals surface area contributed by atoms with E-state index in [0.29, 0.717) is 0 Å². The van der Waals surface area contributed by atoms with E-state index in [1.165, 1.54) is 25.7 Å². The first-order chi connectivity index (χ1) is 9.27. The Balaban J connectivity index is 2.31. The molecule has 0 aromatic carbocycles. The first kappa shape index (κ1) is 16.0. The van der Waals surface area contributed by atoms with Crippen LogP contribution in [0, 0.1) is 6.92 Å². The fraction of sp³-hybridized carbons (Fsp3) is 0.800. The second kappa shape index (κ2) is 9.84. The van der Waals surface area contributed by atoms with Crippen molar-refractivity contribution >= 4 is 5.95 Å². The molecule has 0 fully saturated rings. The lowest BCUT2D eigenvalue weighted by Gasteiger charge is -2.09. The van der Waals surface area contributed by atoms with Gasteiger partial charge in [-0.05, 0) is 26.7 Å². The normalized spacial score (nSPS) is 10.9. The minimum absolute atomic E-state index is 0.797. The Labute approximate surface area is 117 Å². The Kier molecular flexibility index (Phi) is 8.30. The molecule has 1 N–H and O–H groups in total. The van der Waals surface area contributed by atoms with Gasteiger partial charge in [0.1, 0.15) is 0 Å². The number of nitrogens with zero attached hydrogens (tertiary/aromatic N) is 2. The Morgan fingerprint density at radius 3 is 2.79 bits per heavy atom. The Morgan fingerprint density at radius 2 is 2.05 bits per heavy atom. The van der Waals surface area contributed by atoms with E-state index in [1.807, 2.05) is 13.8 Å². The summed E-state index contributed by atoms with van der Waals surface area (Å²) >= 11 is 0. The van der Waals surface area contributed by atoms with Crippen LogP contribution in [-0.2, 0) is 11.3 Å². The zero-order valence-electron chi connectivity index (χ0n) is 12.7. The van der Waals surface area contributed by atoms with Crippen molar-refractivity contribution in [2.24, 2.45) is 0 Å². The van der Waals surface area contributed by atoms with E-state index in [-0.39, 0.29) is 0 Å². The van der Waals surface area contributed by atoms with E-state index in [4.69, 9.17) is 4.74 Å². The molecule has 19 heavy (non-hydrogen) atoms. The Hall–Kier alpha value is -1.03. The monoisotopic (exact) mass is 267 g/mol. The van der Waals surface area contributed by atoms with Crippen molar-refractivity contribution < 1.29 is 4.74 Å². The van der Waals surface area contributed by atoms with Crippen molar-refractivity contribution in [3.8, 4) is 0 Å². The first-order valence-electron chi connectivity index (χ1n) is 7.63. The molecule has 1 aromatic heterocycles. The topological polar surface area (TPSA) is 39.1 Å². The highest BCUT2D eigenvalue weighted by Crippen LogP contribution is 2.11. The maximum Gasteiger partial charge on any atom is 0.203 e. The number of imidazole rings is 1. The fourth-order valence-corrected chi connectivity index (χ4v) is 2.09. The fourth-order valence-electron chi connectivity index (χ4n) is 2.09. The molecule has 1 heterocycles. The van der Waals surface area contributed by atoms with E-state index in [1.54, 1.807) is 0 Å². The van der Waals surface area contributed by atoms with Crippen molar-refractivity contribution in [1.82, 2.24) is 9.55 Å². The van der Waals surface area contributed by atoms with Crippen LogP contribution in [-0.4, -0.2) is 29.3 Å². The van der Waals surface area contributed by atoms with Crippen molar-refractivity contribution in [1.29, 1.82) is 0 Å². The summed E-state index contributed by atoms with van der Waals surface area (Å²) < 4.78 is 7.57. The van der Waals surface area contributed by atoms with Crippen molar-refractivity contribution in [3.63, 3.8) is 0 Å². The molecule has 1 aromatic rings. The number of ether oxygens (including phenoxy) is 1. The van der Waals surface area contributed by atoms with E-state index >= 15 is 0 Å². The molecule has 0 radical (unpaired) electrons. The average Bonchev–Trinajstić information content (AvgIpc) is 2.75. The van der Waals surface area contributed by atoms with Crippen LogP contribution in [0.15, 0.2) is 6.20 Å². The van der Waals surface area contributed by atoms with Gasteiger partial charge in [-0.15, -0.1) is 0 Å². The van der Waals surface area contributed by atoms with Crippen LogP contribution in [0.2, 0.25) is 0 Å². The van der Waals surface area contributed by atoms with Gasteiger partial charge < -0.3 is 14.6 Å². The van der Waals surface area contributed by atoms with Gasteiger partial charge in [-0.2, -0.15) is 0 Å². The highest BCUT2D eigenvalue weighted by atomic mass is 16.5. The molecule has 0 unspecified atom stereocenters. The predicted molar refractivity (Wildman–Crippen MR) is 80.7 cm³/mol. The summed E-state index contributed by atoms with van der Waals surface area (Å²) in [7, 11) is 0. The van der Waals surface area contributed by atoms with Gasteiger partial charge >= 0.3 is 0 Å². The summed E-state index contributed by atoms with van der Waals surface area (Å²) in [6.07, 6.45) is 8.30. The second-order valence-corrected chi connectivity index (χ2v) is 4.94. The molecular weight excluding hydrogens is 238 g/mol. The highest BCUT2D eigenvalue weighted by molar-refractivity contribution is 5.28.